The first-order valence-electron chi connectivity index (χ1n) is 18.3. The number of nitrogens with zero attached hydrogens (tertiary/aromatic N) is 5. The van der Waals surface area contributed by atoms with Crippen LogP contribution in [0.15, 0.2) is 182 Å². The lowest BCUT2D eigenvalue weighted by molar-refractivity contribution is 0.878. The molecule has 3 heterocycles. The van der Waals surface area contributed by atoms with Crippen LogP contribution >= 0.6 is 0 Å². The Labute approximate surface area is 319 Å². The first-order valence-corrected chi connectivity index (χ1v) is 18.3. The highest BCUT2D eigenvalue weighted by Gasteiger charge is 2.22. The summed E-state index contributed by atoms with van der Waals surface area (Å²) in [5.41, 5.74) is 9.89. The van der Waals surface area contributed by atoms with Crippen LogP contribution in [-0.4, -0.2) is 30.6 Å². The Bertz CT molecular complexity index is 2670. The zero-order valence-corrected chi connectivity index (χ0v) is 29.8. The number of rotatable bonds is 9. The highest BCUT2D eigenvalue weighted by atomic mass is 15.0. The van der Waals surface area contributed by atoms with Gasteiger partial charge >= 0.3 is 0 Å². The highest BCUT2D eigenvalue weighted by Crippen LogP contribution is 2.36. The lowest BCUT2D eigenvalue weighted by Gasteiger charge is -2.23. The molecule has 0 radical (unpaired) electrons. The second kappa shape index (κ2) is 14.9. The van der Waals surface area contributed by atoms with Crippen LogP contribution in [0.2, 0.25) is 0 Å². The Morgan fingerprint density at radius 2 is 1.22 bits per heavy atom. The van der Waals surface area contributed by atoms with Crippen LogP contribution in [0.1, 0.15) is 17.5 Å². The predicted octanol–water partition coefficient (Wildman–Crippen LogP) is 11.3. The summed E-state index contributed by atoms with van der Waals surface area (Å²) in [5.74, 6) is 1.54. The van der Waals surface area contributed by atoms with Crippen molar-refractivity contribution in [3.63, 3.8) is 0 Å². The van der Waals surface area contributed by atoms with Gasteiger partial charge in [0.15, 0.2) is 17.5 Å². The third-order valence-corrected chi connectivity index (χ3v) is 9.83. The number of pyridine rings is 2. The molecule has 0 spiro atoms. The molecule has 0 saturated heterocycles. The van der Waals surface area contributed by atoms with E-state index in [1.807, 2.05) is 78.9 Å². The molecule has 9 rings (SSSR count). The Kier molecular flexibility index (Phi) is 9.08. The Morgan fingerprint density at radius 1 is 0.564 bits per heavy atom. The van der Waals surface area contributed by atoms with Crippen LogP contribution in [0, 0.1) is 11.3 Å². The summed E-state index contributed by atoms with van der Waals surface area (Å²) in [5, 5.41) is 15.4. The average Bonchev–Trinajstić information content (AvgIpc) is 3.27. The van der Waals surface area contributed by atoms with Gasteiger partial charge in [-0.1, -0.05) is 127 Å². The smallest absolute Gasteiger partial charge is 0.182 e. The minimum Gasteiger partial charge on any atom is -0.354 e. The summed E-state index contributed by atoms with van der Waals surface area (Å²) in [6, 6.07) is 50.8. The zero-order valence-electron chi connectivity index (χ0n) is 29.8. The van der Waals surface area contributed by atoms with Crippen molar-refractivity contribution in [1.29, 1.82) is 5.41 Å². The van der Waals surface area contributed by atoms with E-state index in [1.165, 1.54) is 5.57 Å². The number of fused-ring (bicyclic) bond motifs is 1. The van der Waals surface area contributed by atoms with E-state index < -0.39 is 0 Å². The summed E-state index contributed by atoms with van der Waals surface area (Å²) >= 11 is 0. The molecule has 1 aliphatic carbocycles. The molecule has 2 N–H and O–H groups in total. The minimum atomic E-state index is -0.0974. The monoisotopic (exact) mass is 709 g/mol. The Morgan fingerprint density at radius 3 is 2.04 bits per heavy atom. The topological polar surface area (TPSA) is 100 Å². The third-order valence-electron chi connectivity index (χ3n) is 9.83. The van der Waals surface area contributed by atoms with Crippen molar-refractivity contribution >= 4 is 33.4 Å². The minimum absolute atomic E-state index is 0.0974. The first kappa shape index (κ1) is 33.5. The number of nitrogens with one attached hydrogen (secondary N) is 2. The van der Waals surface area contributed by atoms with Gasteiger partial charge in [-0.05, 0) is 65.4 Å². The number of aromatic nitrogens is 5. The number of para-hydroxylation sites is 1. The van der Waals surface area contributed by atoms with E-state index in [0.29, 0.717) is 35.3 Å². The maximum atomic E-state index is 9.53. The van der Waals surface area contributed by atoms with Gasteiger partial charge in [-0.3, -0.25) is 4.98 Å². The lowest BCUT2D eigenvalue weighted by atomic mass is 9.83. The maximum absolute atomic E-state index is 9.53. The SMILES string of the molecule is N=C(c1ccc2ccccc2c1Nc1ccccc1)C1C=CC=C(c2cccc(-c3cccc(-c4nc(-c5ccccc5)nc(-c5ccncc5)n4)n3)c2)C1. The normalized spacial score (nSPS) is 13.7. The molecule has 7 heteroatoms. The van der Waals surface area contributed by atoms with Crippen molar-refractivity contribution in [2.75, 3.05) is 5.32 Å². The molecule has 0 aliphatic heterocycles. The molecule has 0 bridgehead atoms. The van der Waals surface area contributed by atoms with Gasteiger partial charge in [0.1, 0.15) is 5.69 Å². The van der Waals surface area contributed by atoms with Gasteiger partial charge in [0.2, 0.25) is 0 Å². The van der Waals surface area contributed by atoms with E-state index in [2.05, 4.69) is 101 Å². The molecule has 3 aromatic heterocycles. The first-order chi connectivity index (χ1) is 27.2. The van der Waals surface area contributed by atoms with Crippen molar-refractivity contribution in [2.45, 2.75) is 6.42 Å². The summed E-state index contributed by atoms with van der Waals surface area (Å²) in [6.07, 6.45) is 10.6. The van der Waals surface area contributed by atoms with Gasteiger partial charge in [-0.2, -0.15) is 0 Å². The fraction of sp³-hybridized carbons (Fsp3) is 0.0417. The number of hydrogen-bond acceptors (Lipinski definition) is 7. The van der Waals surface area contributed by atoms with E-state index in [0.717, 1.165) is 55.7 Å². The van der Waals surface area contributed by atoms with Gasteiger partial charge < -0.3 is 10.7 Å². The summed E-state index contributed by atoms with van der Waals surface area (Å²) in [7, 11) is 0. The van der Waals surface area contributed by atoms with Crippen molar-refractivity contribution in [2.24, 2.45) is 5.92 Å². The molecule has 1 unspecified atom stereocenters. The van der Waals surface area contributed by atoms with E-state index in [4.69, 9.17) is 19.9 Å². The molecule has 0 saturated carbocycles. The van der Waals surface area contributed by atoms with Crippen molar-refractivity contribution in [1.82, 2.24) is 24.9 Å². The molecule has 0 amide bonds. The van der Waals surface area contributed by atoms with E-state index in [1.54, 1.807) is 12.4 Å². The van der Waals surface area contributed by atoms with E-state index >= 15 is 0 Å². The molecule has 0 fully saturated rings. The van der Waals surface area contributed by atoms with Crippen molar-refractivity contribution in [3.05, 3.63) is 193 Å². The highest BCUT2D eigenvalue weighted by molar-refractivity contribution is 6.13. The molecule has 1 atom stereocenters. The van der Waals surface area contributed by atoms with Gasteiger partial charge in [0.05, 0.1) is 11.4 Å². The van der Waals surface area contributed by atoms with E-state index in [-0.39, 0.29) is 5.92 Å². The summed E-state index contributed by atoms with van der Waals surface area (Å²) in [6.45, 7) is 0. The fourth-order valence-corrected chi connectivity index (χ4v) is 7.02. The van der Waals surface area contributed by atoms with Gasteiger partial charge in [-0.15, -0.1) is 0 Å². The summed E-state index contributed by atoms with van der Waals surface area (Å²) < 4.78 is 0. The van der Waals surface area contributed by atoms with Crippen LogP contribution in [0.3, 0.4) is 0 Å². The van der Waals surface area contributed by atoms with Crippen LogP contribution in [-0.2, 0) is 0 Å². The lowest BCUT2D eigenvalue weighted by Crippen LogP contribution is -2.16. The maximum Gasteiger partial charge on any atom is 0.182 e. The molecule has 262 valence electrons. The third kappa shape index (κ3) is 7.06. The summed E-state index contributed by atoms with van der Waals surface area (Å²) in [4.78, 5) is 23.8. The quantitative estimate of drug-likeness (QED) is 0.145. The number of allylic oxidation sites excluding steroid dienone is 4. The number of benzene rings is 5. The molecule has 7 nitrogen and oxygen atoms in total. The molecule has 8 aromatic rings. The second-order valence-corrected chi connectivity index (χ2v) is 13.4. The largest absolute Gasteiger partial charge is 0.354 e. The average molecular weight is 710 g/mol. The standard InChI is InChI=1S/C48H35N7/c49-44(41-25-24-32-12-7-8-21-40(32)45(41)51-39-19-5-2-6-20-39)38-18-10-16-36(31-38)35-15-9-17-37(30-35)42-22-11-23-43(52-42)48-54-46(33-13-3-1-4-14-33)53-47(55-48)34-26-28-50-29-27-34/h1-30,38,49,51H,31H2. The number of hydrogen-bond donors (Lipinski definition) is 2. The van der Waals surface area contributed by atoms with Gasteiger partial charge in [0.25, 0.3) is 0 Å². The van der Waals surface area contributed by atoms with Crippen molar-refractivity contribution in [3.8, 4) is 45.6 Å². The molecular weight excluding hydrogens is 675 g/mol. The Hall–Kier alpha value is -7.38. The Balaban J connectivity index is 1.01. The fourth-order valence-electron chi connectivity index (χ4n) is 7.02. The van der Waals surface area contributed by atoms with Crippen LogP contribution in [0.4, 0.5) is 11.4 Å². The molecular formula is C48H35N7. The van der Waals surface area contributed by atoms with Crippen molar-refractivity contribution < 1.29 is 0 Å². The van der Waals surface area contributed by atoms with E-state index in [9.17, 15) is 5.41 Å². The van der Waals surface area contributed by atoms with Crippen LogP contribution < -0.4 is 5.32 Å². The van der Waals surface area contributed by atoms with Crippen LogP contribution in [0.25, 0.3) is 61.9 Å². The zero-order chi connectivity index (χ0) is 37.0. The number of anilines is 2. The van der Waals surface area contributed by atoms with Gasteiger partial charge in [0, 0.05) is 57.4 Å². The molecule has 55 heavy (non-hydrogen) atoms. The molecule has 5 aromatic carbocycles. The second-order valence-electron chi connectivity index (χ2n) is 13.4. The predicted molar refractivity (Wildman–Crippen MR) is 223 cm³/mol. The van der Waals surface area contributed by atoms with Crippen LogP contribution in [0.5, 0.6) is 0 Å². The molecule has 1 aliphatic rings. The van der Waals surface area contributed by atoms with Gasteiger partial charge in [-0.25, -0.2) is 19.9 Å².